The van der Waals surface area contributed by atoms with Crippen molar-refractivity contribution in [3.8, 4) is 10.6 Å². The first kappa shape index (κ1) is 17.8. The van der Waals surface area contributed by atoms with Gasteiger partial charge in [0.2, 0.25) is 5.91 Å². The highest BCUT2D eigenvalue weighted by Gasteiger charge is 2.11. The number of aromatic nitrogens is 3. The molecule has 8 heteroatoms. The van der Waals surface area contributed by atoms with Crippen LogP contribution in [0.1, 0.15) is 10.7 Å². The number of rotatable bonds is 5. The van der Waals surface area contributed by atoms with Crippen molar-refractivity contribution in [2.45, 2.75) is 18.9 Å². The summed E-state index contributed by atoms with van der Waals surface area (Å²) in [5, 5.41) is 13.4. The van der Waals surface area contributed by atoms with E-state index in [0.717, 1.165) is 21.3 Å². The Hall–Kier alpha value is -1.96. The summed E-state index contributed by atoms with van der Waals surface area (Å²) < 4.78 is 0. The molecule has 2 heterocycles. The Morgan fingerprint density at radius 1 is 1.20 bits per heavy atom. The van der Waals surface area contributed by atoms with Crippen molar-refractivity contribution in [3.05, 3.63) is 52.1 Å². The predicted octanol–water partition coefficient (Wildman–Crippen LogP) is 4.60. The standard InChI is InChI=1S/C17H15ClN4OS2/c1-10-17(25-11(2)19-10)14-7-8-16(22-21-14)24-9-15(23)20-13-6-4-3-5-12(13)18/h3-8H,9H2,1-2H3,(H,20,23). The summed E-state index contributed by atoms with van der Waals surface area (Å²) in [6, 6.07) is 10.9. The lowest BCUT2D eigenvalue weighted by Gasteiger charge is -2.06. The normalized spacial score (nSPS) is 10.7. The minimum absolute atomic E-state index is 0.141. The third-order valence-corrected chi connectivity index (χ3v) is 5.62. The molecular weight excluding hydrogens is 376 g/mol. The minimum atomic E-state index is -0.141. The molecule has 3 rings (SSSR count). The number of anilines is 1. The van der Waals surface area contributed by atoms with Crippen LogP contribution in [0.4, 0.5) is 5.69 Å². The van der Waals surface area contributed by atoms with E-state index >= 15 is 0 Å². The SMILES string of the molecule is Cc1nc(C)c(-c2ccc(SCC(=O)Nc3ccccc3Cl)nn2)s1. The van der Waals surface area contributed by atoms with E-state index in [1.54, 1.807) is 23.5 Å². The third kappa shape index (κ3) is 4.56. The number of amides is 1. The summed E-state index contributed by atoms with van der Waals surface area (Å²) in [7, 11) is 0. The van der Waals surface area contributed by atoms with E-state index in [2.05, 4.69) is 20.5 Å². The number of carbonyl (C=O) groups is 1. The van der Waals surface area contributed by atoms with Crippen molar-refractivity contribution in [3.63, 3.8) is 0 Å². The zero-order valence-electron chi connectivity index (χ0n) is 13.6. The fourth-order valence-corrected chi connectivity index (χ4v) is 3.86. The molecule has 0 bridgehead atoms. The van der Waals surface area contributed by atoms with Crippen molar-refractivity contribution < 1.29 is 4.79 Å². The number of halogens is 1. The summed E-state index contributed by atoms with van der Waals surface area (Å²) in [4.78, 5) is 17.5. The topological polar surface area (TPSA) is 67.8 Å². The van der Waals surface area contributed by atoms with Gasteiger partial charge in [-0.2, -0.15) is 0 Å². The van der Waals surface area contributed by atoms with Crippen molar-refractivity contribution in [2.24, 2.45) is 0 Å². The molecular formula is C17H15ClN4OS2. The fraction of sp³-hybridized carbons (Fsp3) is 0.176. The Morgan fingerprint density at radius 3 is 2.64 bits per heavy atom. The molecule has 0 spiro atoms. The van der Waals surface area contributed by atoms with Gasteiger partial charge in [-0.25, -0.2) is 4.98 Å². The third-order valence-electron chi connectivity index (χ3n) is 3.28. The van der Waals surface area contributed by atoms with Gasteiger partial charge in [-0.3, -0.25) is 4.79 Å². The molecule has 2 aromatic heterocycles. The Labute approximate surface area is 158 Å². The summed E-state index contributed by atoms with van der Waals surface area (Å²) in [5.41, 5.74) is 2.36. The number of aryl methyl sites for hydroxylation is 2. The molecule has 0 aliphatic rings. The largest absolute Gasteiger partial charge is 0.324 e. The number of hydrogen-bond donors (Lipinski definition) is 1. The highest BCUT2D eigenvalue weighted by molar-refractivity contribution is 7.99. The van der Waals surface area contributed by atoms with Crippen LogP contribution in [0.3, 0.4) is 0 Å². The molecule has 3 aromatic rings. The van der Waals surface area contributed by atoms with Crippen LogP contribution in [0.2, 0.25) is 5.02 Å². The zero-order chi connectivity index (χ0) is 17.8. The van der Waals surface area contributed by atoms with E-state index in [9.17, 15) is 4.79 Å². The molecule has 5 nitrogen and oxygen atoms in total. The molecule has 0 unspecified atom stereocenters. The fourth-order valence-electron chi connectivity index (χ4n) is 2.18. The number of thiazole rings is 1. The van der Waals surface area contributed by atoms with Crippen LogP contribution in [0.15, 0.2) is 41.4 Å². The molecule has 0 radical (unpaired) electrons. The minimum Gasteiger partial charge on any atom is -0.324 e. The van der Waals surface area contributed by atoms with Crippen LogP contribution < -0.4 is 5.32 Å². The van der Waals surface area contributed by atoms with Crippen LogP contribution in [0.25, 0.3) is 10.6 Å². The first-order valence-corrected chi connectivity index (χ1v) is 9.66. The van der Waals surface area contributed by atoms with Crippen LogP contribution in [-0.2, 0) is 4.79 Å². The molecule has 1 N–H and O–H groups in total. The van der Waals surface area contributed by atoms with Gasteiger partial charge in [0.15, 0.2) is 0 Å². The van der Waals surface area contributed by atoms with E-state index in [1.807, 2.05) is 38.1 Å². The van der Waals surface area contributed by atoms with E-state index in [4.69, 9.17) is 11.6 Å². The number of carbonyl (C=O) groups excluding carboxylic acids is 1. The molecule has 0 aliphatic carbocycles. The van der Waals surface area contributed by atoms with E-state index in [0.29, 0.717) is 15.7 Å². The lowest BCUT2D eigenvalue weighted by atomic mass is 10.3. The molecule has 1 amide bonds. The summed E-state index contributed by atoms with van der Waals surface area (Å²) in [6.45, 7) is 3.93. The monoisotopic (exact) mass is 390 g/mol. The van der Waals surface area contributed by atoms with Crippen LogP contribution in [0, 0.1) is 13.8 Å². The molecule has 1 aromatic carbocycles. The molecule has 128 valence electrons. The zero-order valence-corrected chi connectivity index (χ0v) is 16.0. The second-order valence-corrected chi connectivity index (χ2v) is 7.83. The van der Waals surface area contributed by atoms with Crippen molar-refractivity contribution in [1.82, 2.24) is 15.2 Å². The Balaban J connectivity index is 1.59. The van der Waals surface area contributed by atoms with Crippen molar-refractivity contribution in [2.75, 3.05) is 11.1 Å². The van der Waals surface area contributed by atoms with Gasteiger partial charge in [0.25, 0.3) is 0 Å². The maximum atomic E-state index is 12.0. The quantitative estimate of drug-likeness (QED) is 0.645. The average molecular weight is 391 g/mol. The second-order valence-electron chi connectivity index (χ2n) is 5.22. The summed E-state index contributed by atoms with van der Waals surface area (Å²) >= 11 is 8.95. The number of nitrogens with zero attached hydrogens (tertiary/aromatic N) is 3. The van der Waals surface area contributed by atoms with Crippen LogP contribution >= 0.6 is 34.7 Å². The predicted molar refractivity (Wildman–Crippen MR) is 103 cm³/mol. The van der Waals surface area contributed by atoms with Gasteiger partial charge in [-0.1, -0.05) is 35.5 Å². The first-order chi connectivity index (χ1) is 12.0. The van der Waals surface area contributed by atoms with E-state index in [-0.39, 0.29) is 11.7 Å². The second kappa shape index (κ2) is 7.95. The highest BCUT2D eigenvalue weighted by atomic mass is 35.5. The van der Waals surface area contributed by atoms with Crippen molar-refractivity contribution in [1.29, 1.82) is 0 Å². The lowest BCUT2D eigenvalue weighted by molar-refractivity contribution is -0.113. The highest BCUT2D eigenvalue weighted by Crippen LogP contribution is 2.28. The number of hydrogen-bond acceptors (Lipinski definition) is 6. The van der Waals surface area contributed by atoms with Gasteiger partial charge in [-0.05, 0) is 38.1 Å². The van der Waals surface area contributed by atoms with Gasteiger partial charge in [0, 0.05) is 0 Å². The Morgan fingerprint density at radius 2 is 2.00 bits per heavy atom. The smallest absolute Gasteiger partial charge is 0.234 e. The van der Waals surface area contributed by atoms with Gasteiger partial charge in [0.05, 0.1) is 32.0 Å². The number of nitrogens with one attached hydrogen (secondary N) is 1. The van der Waals surface area contributed by atoms with Gasteiger partial charge in [0.1, 0.15) is 10.7 Å². The van der Waals surface area contributed by atoms with Gasteiger partial charge < -0.3 is 5.32 Å². The lowest BCUT2D eigenvalue weighted by Crippen LogP contribution is -2.14. The van der Waals surface area contributed by atoms with Crippen molar-refractivity contribution >= 4 is 46.3 Å². The average Bonchev–Trinajstić information content (AvgIpc) is 2.94. The number of para-hydroxylation sites is 1. The Bertz CT molecular complexity index is 896. The maximum absolute atomic E-state index is 12.0. The molecule has 25 heavy (non-hydrogen) atoms. The van der Waals surface area contributed by atoms with Gasteiger partial charge in [-0.15, -0.1) is 21.5 Å². The summed E-state index contributed by atoms with van der Waals surface area (Å²) in [5.74, 6) is 0.0932. The van der Waals surface area contributed by atoms with Crippen LogP contribution in [-0.4, -0.2) is 26.8 Å². The van der Waals surface area contributed by atoms with E-state index in [1.165, 1.54) is 11.8 Å². The maximum Gasteiger partial charge on any atom is 0.234 e. The molecule has 0 saturated heterocycles. The first-order valence-electron chi connectivity index (χ1n) is 7.48. The van der Waals surface area contributed by atoms with E-state index < -0.39 is 0 Å². The molecule has 0 saturated carbocycles. The van der Waals surface area contributed by atoms with Crippen LogP contribution in [0.5, 0.6) is 0 Å². The molecule has 0 fully saturated rings. The number of benzene rings is 1. The molecule has 0 aliphatic heterocycles. The Kier molecular flexibility index (Phi) is 5.67. The molecule has 0 atom stereocenters. The summed E-state index contributed by atoms with van der Waals surface area (Å²) in [6.07, 6.45) is 0. The van der Waals surface area contributed by atoms with Gasteiger partial charge >= 0.3 is 0 Å². The number of thioether (sulfide) groups is 1.